The van der Waals surface area contributed by atoms with E-state index in [1.807, 2.05) is 29.2 Å². The van der Waals surface area contributed by atoms with Crippen molar-refractivity contribution < 1.29 is 19.0 Å². The Balaban J connectivity index is 1.37. The smallest absolute Gasteiger partial charge is 0.254 e. The lowest BCUT2D eigenvalue weighted by Crippen LogP contribution is -2.41. The second-order valence-electron chi connectivity index (χ2n) is 6.95. The quantitative estimate of drug-likeness (QED) is 0.842. The van der Waals surface area contributed by atoms with Crippen LogP contribution in [0.1, 0.15) is 28.8 Å². The monoisotopic (exact) mass is 353 g/mol. The van der Waals surface area contributed by atoms with Crippen LogP contribution < -0.4 is 14.2 Å². The van der Waals surface area contributed by atoms with Gasteiger partial charge in [0, 0.05) is 24.6 Å². The van der Waals surface area contributed by atoms with Crippen LogP contribution in [0.2, 0.25) is 0 Å². The van der Waals surface area contributed by atoms with E-state index in [-0.39, 0.29) is 12.7 Å². The molecule has 0 bridgehead atoms. The van der Waals surface area contributed by atoms with Crippen LogP contribution in [0.4, 0.5) is 0 Å². The number of carbonyl (C=O) groups excluding carboxylic acids is 1. The van der Waals surface area contributed by atoms with Gasteiger partial charge in [0.15, 0.2) is 11.5 Å². The van der Waals surface area contributed by atoms with Gasteiger partial charge in [-0.2, -0.15) is 0 Å². The second-order valence-corrected chi connectivity index (χ2v) is 6.95. The Kier molecular flexibility index (Phi) is 4.69. The fourth-order valence-electron chi connectivity index (χ4n) is 3.52. The molecule has 26 heavy (non-hydrogen) atoms. The third-order valence-corrected chi connectivity index (χ3v) is 4.90. The maximum Gasteiger partial charge on any atom is 0.254 e. The Morgan fingerprint density at radius 1 is 1.19 bits per heavy atom. The molecule has 1 unspecified atom stereocenters. The van der Waals surface area contributed by atoms with Crippen molar-refractivity contribution in [3.8, 4) is 17.2 Å². The highest BCUT2D eigenvalue weighted by Gasteiger charge is 2.26. The number of hydrogen-bond acceptors (Lipinski definition) is 4. The highest BCUT2D eigenvalue weighted by atomic mass is 16.7. The van der Waals surface area contributed by atoms with Crippen molar-refractivity contribution in [1.82, 2.24) is 4.90 Å². The van der Waals surface area contributed by atoms with E-state index < -0.39 is 0 Å². The molecule has 0 radical (unpaired) electrons. The molecule has 5 nitrogen and oxygen atoms in total. The number of fused-ring (bicyclic) bond motifs is 1. The van der Waals surface area contributed by atoms with Crippen LogP contribution >= 0.6 is 0 Å². The van der Waals surface area contributed by atoms with Crippen molar-refractivity contribution in [2.45, 2.75) is 19.8 Å². The summed E-state index contributed by atoms with van der Waals surface area (Å²) in [5, 5.41) is 0. The van der Waals surface area contributed by atoms with Gasteiger partial charge in [0.2, 0.25) is 6.79 Å². The van der Waals surface area contributed by atoms with E-state index in [2.05, 4.69) is 13.0 Å². The van der Waals surface area contributed by atoms with Gasteiger partial charge in [0.25, 0.3) is 5.91 Å². The van der Waals surface area contributed by atoms with Crippen molar-refractivity contribution >= 4 is 5.91 Å². The van der Waals surface area contributed by atoms with Crippen LogP contribution in [0.3, 0.4) is 0 Å². The van der Waals surface area contributed by atoms with E-state index in [1.54, 1.807) is 12.1 Å². The average molecular weight is 353 g/mol. The molecule has 1 atom stereocenters. The lowest BCUT2D eigenvalue weighted by Gasteiger charge is -2.32. The first-order valence-corrected chi connectivity index (χ1v) is 9.07. The molecule has 2 aromatic carbocycles. The SMILES string of the molecule is Cc1cccc(OCC2CCCN(C(=O)c3ccc4c(c3)OCO4)C2)c1. The molecule has 2 aliphatic heterocycles. The number of ether oxygens (including phenoxy) is 3. The number of likely N-dealkylation sites (tertiary alicyclic amines) is 1. The second kappa shape index (κ2) is 7.28. The third-order valence-electron chi connectivity index (χ3n) is 4.90. The Hall–Kier alpha value is -2.69. The maximum absolute atomic E-state index is 12.9. The molecule has 0 aliphatic carbocycles. The highest BCUT2D eigenvalue weighted by Crippen LogP contribution is 2.33. The number of nitrogens with zero attached hydrogens (tertiary/aromatic N) is 1. The van der Waals surface area contributed by atoms with Gasteiger partial charge in [-0.1, -0.05) is 12.1 Å². The van der Waals surface area contributed by atoms with Gasteiger partial charge in [0.05, 0.1) is 6.61 Å². The van der Waals surface area contributed by atoms with Gasteiger partial charge in [0.1, 0.15) is 5.75 Å². The first-order chi connectivity index (χ1) is 12.7. The molecule has 2 aromatic rings. The summed E-state index contributed by atoms with van der Waals surface area (Å²) in [6.07, 6.45) is 2.08. The predicted octanol–water partition coefficient (Wildman–Crippen LogP) is 3.65. The Morgan fingerprint density at radius 3 is 2.96 bits per heavy atom. The van der Waals surface area contributed by atoms with Crippen molar-refractivity contribution in [2.75, 3.05) is 26.5 Å². The van der Waals surface area contributed by atoms with Gasteiger partial charge in [-0.05, 0) is 55.7 Å². The molecular weight excluding hydrogens is 330 g/mol. The minimum atomic E-state index is 0.0450. The van der Waals surface area contributed by atoms with E-state index in [0.717, 1.165) is 31.7 Å². The summed E-state index contributed by atoms with van der Waals surface area (Å²) < 4.78 is 16.6. The fraction of sp³-hybridized carbons (Fsp3) is 0.381. The van der Waals surface area contributed by atoms with Crippen LogP contribution in [0.15, 0.2) is 42.5 Å². The Bertz CT molecular complexity index is 804. The summed E-state index contributed by atoms with van der Waals surface area (Å²) in [6, 6.07) is 13.5. The van der Waals surface area contributed by atoms with Crippen LogP contribution in [-0.2, 0) is 0 Å². The number of benzene rings is 2. The highest BCUT2D eigenvalue weighted by molar-refractivity contribution is 5.95. The van der Waals surface area contributed by atoms with Crippen LogP contribution in [-0.4, -0.2) is 37.3 Å². The van der Waals surface area contributed by atoms with Crippen molar-refractivity contribution in [1.29, 1.82) is 0 Å². The summed E-state index contributed by atoms with van der Waals surface area (Å²) >= 11 is 0. The lowest BCUT2D eigenvalue weighted by molar-refractivity contribution is 0.0633. The molecule has 0 aromatic heterocycles. The summed E-state index contributed by atoms with van der Waals surface area (Å²) in [5.41, 5.74) is 1.83. The molecule has 136 valence electrons. The zero-order valence-corrected chi connectivity index (χ0v) is 14.9. The van der Waals surface area contributed by atoms with Gasteiger partial charge in [-0.15, -0.1) is 0 Å². The van der Waals surface area contributed by atoms with Gasteiger partial charge >= 0.3 is 0 Å². The lowest BCUT2D eigenvalue weighted by atomic mass is 9.98. The zero-order chi connectivity index (χ0) is 17.9. The minimum absolute atomic E-state index is 0.0450. The minimum Gasteiger partial charge on any atom is -0.493 e. The molecule has 1 fully saturated rings. The van der Waals surface area contributed by atoms with E-state index in [4.69, 9.17) is 14.2 Å². The first kappa shape index (κ1) is 16.8. The van der Waals surface area contributed by atoms with Crippen LogP contribution in [0.25, 0.3) is 0 Å². The van der Waals surface area contributed by atoms with Crippen molar-refractivity contribution in [2.24, 2.45) is 5.92 Å². The van der Waals surface area contributed by atoms with Crippen LogP contribution in [0, 0.1) is 12.8 Å². The fourth-order valence-corrected chi connectivity index (χ4v) is 3.52. The van der Waals surface area contributed by atoms with E-state index in [9.17, 15) is 4.79 Å². The molecule has 1 amide bonds. The third kappa shape index (κ3) is 3.62. The van der Waals surface area contributed by atoms with Crippen LogP contribution in [0.5, 0.6) is 17.2 Å². The molecule has 0 spiro atoms. The Labute approximate surface area is 153 Å². The summed E-state index contributed by atoms with van der Waals surface area (Å²) in [5.74, 6) is 2.63. The number of piperidine rings is 1. The molecule has 0 saturated carbocycles. The molecule has 5 heteroatoms. The summed E-state index contributed by atoms with van der Waals surface area (Å²) in [7, 11) is 0. The van der Waals surface area contributed by atoms with Crippen molar-refractivity contribution in [3.05, 3.63) is 53.6 Å². The zero-order valence-electron chi connectivity index (χ0n) is 14.9. The molecule has 1 saturated heterocycles. The van der Waals surface area contributed by atoms with E-state index in [1.165, 1.54) is 5.56 Å². The topological polar surface area (TPSA) is 48.0 Å². The first-order valence-electron chi connectivity index (χ1n) is 9.07. The molecule has 4 rings (SSSR count). The van der Waals surface area contributed by atoms with Gasteiger partial charge in [-0.3, -0.25) is 4.79 Å². The molecule has 2 heterocycles. The van der Waals surface area contributed by atoms with Gasteiger partial charge in [-0.25, -0.2) is 0 Å². The standard InChI is InChI=1S/C21H23NO4/c1-15-4-2-6-18(10-15)24-13-16-5-3-9-22(12-16)21(23)17-7-8-19-20(11-17)26-14-25-19/h2,4,6-8,10-11,16H,3,5,9,12-14H2,1H3. The summed E-state index contributed by atoms with van der Waals surface area (Å²) in [4.78, 5) is 14.8. The predicted molar refractivity (Wildman–Crippen MR) is 97.9 cm³/mol. The molecule has 2 aliphatic rings. The molecular formula is C21H23NO4. The van der Waals surface area contributed by atoms with E-state index in [0.29, 0.717) is 29.6 Å². The van der Waals surface area contributed by atoms with E-state index >= 15 is 0 Å². The number of amides is 1. The van der Waals surface area contributed by atoms with Crippen molar-refractivity contribution in [3.63, 3.8) is 0 Å². The normalized spacial score (nSPS) is 18.7. The number of rotatable bonds is 4. The largest absolute Gasteiger partial charge is 0.493 e. The number of aryl methyl sites for hydroxylation is 1. The number of carbonyl (C=O) groups is 1. The number of hydrogen-bond donors (Lipinski definition) is 0. The summed E-state index contributed by atoms with van der Waals surface area (Å²) in [6.45, 7) is 4.41. The molecule has 0 N–H and O–H groups in total. The van der Waals surface area contributed by atoms with Gasteiger partial charge < -0.3 is 19.1 Å². The maximum atomic E-state index is 12.9. The Morgan fingerprint density at radius 2 is 2.08 bits per heavy atom. The average Bonchev–Trinajstić information content (AvgIpc) is 3.14.